The van der Waals surface area contributed by atoms with E-state index in [4.69, 9.17) is 14.6 Å². The maximum absolute atomic E-state index is 12.2. The number of nitriles is 1. The summed E-state index contributed by atoms with van der Waals surface area (Å²) in [5, 5.41) is 18.2. The number of nitrogens with zero attached hydrogens (tertiary/aromatic N) is 3. The third kappa shape index (κ3) is 11.5. The number of hydrogen-bond donors (Lipinski definition) is 0. The third-order valence-corrected chi connectivity index (χ3v) is 4.50. The summed E-state index contributed by atoms with van der Waals surface area (Å²) in [6.07, 6.45) is 1.57. The van der Waals surface area contributed by atoms with E-state index in [2.05, 4.69) is 24.0 Å². The van der Waals surface area contributed by atoms with Crippen LogP contribution in [0.15, 0.2) is 60.2 Å². The molecule has 0 saturated carbocycles. The number of carbonyl (C=O) groups is 2. The van der Waals surface area contributed by atoms with Crippen LogP contribution in [0, 0.1) is 11.3 Å². The smallest absolute Gasteiger partial charge is 0.349 e. The van der Waals surface area contributed by atoms with Gasteiger partial charge in [-0.1, -0.05) is 42.5 Å². The molecule has 33 heavy (non-hydrogen) atoms. The Bertz CT molecular complexity index is 952. The van der Waals surface area contributed by atoms with Gasteiger partial charge in [-0.3, -0.25) is 0 Å². The average molecular weight is 452 g/mol. The normalized spacial score (nSPS) is 11.0. The molecule has 0 saturated heterocycles. The highest BCUT2D eigenvalue weighted by atomic mass is 16.5. The summed E-state index contributed by atoms with van der Waals surface area (Å²) >= 11 is 0. The number of carboxylic acids is 1. The van der Waals surface area contributed by atoms with Crippen molar-refractivity contribution in [1.29, 1.82) is 5.26 Å². The van der Waals surface area contributed by atoms with E-state index in [1.807, 2.05) is 69.7 Å². The molecule has 0 atom stereocenters. The van der Waals surface area contributed by atoms with Crippen LogP contribution in [-0.2, 0) is 20.9 Å². The highest BCUT2D eigenvalue weighted by Crippen LogP contribution is 2.19. The van der Waals surface area contributed by atoms with Crippen LogP contribution in [0.2, 0.25) is 0 Å². The molecular formula is C26H33N3O4. The lowest BCUT2D eigenvalue weighted by Crippen LogP contribution is -2.38. The summed E-state index contributed by atoms with van der Waals surface area (Å²) in [6, 6.07) is 20.1. The zero-order valence-electron chi connectivity index (χ0n) is 20.1. The van der Waals surface area contributed by atoms with Crippen LogP contribution >= 0.6 is 0 Å². The maximum Gasteiger partial charge on any atom is 0.349 e. The lowest BCUT2D eigenvalue weighted by atomic mass is 10.1. The van der Waals surface area contributed by atoms with Gasteiger partial charge >= 0.3 is 5.97 Å². The lowest BCUT2D eigenvalue weighted by molar-refractivity contribution is -0.870. The van der Waals surface area contributed by atoms with Crippen LogP contribution in [0.4, 0.5) is 5.69 Å². The molecule has 0 aromatic heterocycles. The molecule has 0 unspecified atom stereocenters. The largest absolute Gasteiger partial charge is 0.550 e. The quantitative estimate of drug-likeness (QED) is 0.252. The molecule has 0 heterocycles. The van der Waals surface area contributed by atoms with Gasteiger partial charge in [0.15, 0.2) is 0 Å². The van der Waals surface area contributed by atoms with Crippen LogP contribution in [0.5, 0.6) is 0 Å². The third-order valence-electron chi connectivity index (χ3n) is 4.50. The number of rotatable bonds is 9. The predicted molar refractivity (Wildman–Crippen MR) is 128 cm³/mol. The van der Waals surface area contributed by atoms with Gasteiger partial charge in [0.05, 0.1) is 21.1 Å². The molecule has 0 bridgehead atoms. The summed E-state index contributed by atoms with van der Waals surface area (Å²) < 4.78 is 5.93. The molecule has 0 fully saturated rings. The number of anilines is 1. The summed E-state index contributed by atoms with van der Waals surface area (Å²) in [6.45, 7) is 5.77. The van der Waals surface area contributed by atoms with Crippen molar-refractivity contribution >= 4 is 23.7 Å². The molecule has 0 aliphatic rings. The van der Waals surface area contributed by atoms with E-state index in [1.165, 1.54) is 5.56 Å². The second-order valence-corrected chi connectivity index (χ2v) is 8.40. The Morgan fingerprint density at radius 2 is 1.67 bits per heavy atom. The van der Waals surface area contributed by atoms with E-state index in [9.17, 15) is 10.1 Å². The zero-order chi connectivity index (χ0) is 24.9. The van der Waals surface area contributed by atoms with Gasteiger partial charge in [-0.25, -0.2) is 4.79 Å². The second-order valence-electron chi connectivity index (χ2n) is 8.40. The monoisotopic (exact) mass is 451 g/mol. The van der Waals surface area contributed by atoms with Gasteiger partial charge in [0, 0.05) is 24.7 Å². The minimum absolute atomic E-state index is 0.00999. The molecule has 0 amide bonds. The number of benzene rings is 2. The Morgan fingerprint density at radius 1 is 1.09 bits per heavy atom. The summed E-state index contributed by atoms with van der Waals surface area (Å²) in [5.41, 5.74) is 3.15. The number of carboxylic acid groups (broad SMARTS) is 1. The maximum atomic E-state index is 12.2. The molecule has 176 valence electrons. The van der Waals surface area contributed by atoms with Crippen molar-refractivity contribution in [1.82, 2.24) is 0 Å². The topological polar surface area (TPSA) is 93.5 Å². The van der Waals surface area contributed by atoms with Crippen LogP contribution in [-0.4, -0.2) is 57.3 Å². The standard InChI is InChI=1S/C24H30N3O2.C2H4O2/c1-5-26(19-21-9-7-6-8-10-21)23-13-11-20(12-14-23)17-22(18-25)24(28)29-16-15-27(2,3)4;1-2(3)4/h6-14,17H,5,15-16,19H2,1-4H3;1H3,(H,3,4)/q+1;/p-1. The summed E-state index contributed by atoms with van der Waals surface area (Å²) in [5.74, 6) is -1.66. The van der Waals surface area contributed by atoms with Crippen molar-refractivity contribution in [2.75, 3.05) is 45.7 Å². The Kier molecular flexibility index (Phi) is 11.4. The first-order valence-electron chi connectivity index (χ1n) is 10.7. The lowest BCUT2D eigenvalue weighted by Gasteiger charge is -2.23. The van der Waals surface area contributed by atoms with Gasteiger partial charge in [0.2, 0.25) is 0 Å². The Hall–Kier alpha value is -3.63. The van der Waals surface area contributed by atoms with Crippen LogP contribution in [0.1, 0.15) is 25.0 Å². The Morgan fingerprint density at radius 3 is 2.15 bits per heavy atom. The number of carbonyl (C=O) groups excluding carboxylic acids is 2. The molecule has 7 nitrogen and oxygen atoms in total. The highest BCUT2D eigenvalue weighted by Gasteiger charge is 2.14. The van der Waals surface area contributed by atoms with Crippen molar-refractivity contribution in [3.8, 4) is 6.07 Å². The summed E-state index contributed by atoms with van der Waals surface area (Å²) in [4.78, 5) is 23.3. The van der Waals surface area contributed by atoms with E-state index in [1.54, 1.807) is 6.08 Å². The minimum atomic E-state index is -1.08. The predicted octanol–water partition coefficient (Wildman–Crippen LogP) is 2.63. The number of aliphatic carboxylic acids is 1. The molecule has 2 aromatic rings. The zero-order valence-corrected chi connectivity index (χ0v) is 20.1. The van der Waals surface area contributed by atoms with Crippen LogP contribution in [0.3, 0.4) is 0 Å². The van der Waals surface area contributed by atoms with Gasteiger partial charge in [-0.05, 0) is 43.2 Å². The molecule has 0 radical (unpaired) electrons. The van der Waals surface area contributed by atoms with Crippen molar-refractivity contribution in [2.24, 2.45) is 0 Å². The summed E-state index contributed by atoms with van der Waals surface area (Å²) in [7, 11) is 6.06. The van der Waals surface area contributed by atoms with Crippen molar-refractivity contribution in [2.45, 2.75) is 20.4 Å². The molecule has 0 aliphatic carbocycles. The fraction of sp³-hybridized carbons (Fsp3) is 0.346. The number of ether oxygens (including phenoxy) is 1. The first-order chi connectivity index (χ1) is 15.6. The first kappa shape index (κ1) is 27.4. The number of quaternary nitrogens is 1. The molecule has 2 aromatic carbocycles. The average Bonchev–Trinajstić information content (AvgIpc) is 2.75. The van der Waals surface area contributed by atoms with Crippen LogP contribution in [0.25, 0.3) is 6.08 Å². The van der Waals surface area contributed by atoms with Gasteiger partial charge in [0.25, 0.3) is 0 Å². The molecule has 0 N–H and O–H groups in total. The van der Waals surface area contributed by atoms with Gasteiger partial charge < -0.3 is 24.0 Å². The van der Waals surface area contributed by atoms with E-state index < -0.39 is 11.9 Å². The van der Waals surface area contributed by atoms with Gasteiger partial charge in [-0.2, -0.15) is 5.26 Å². The van der Waals surface area contributed by atoms with Crippen LogP contribution < -0.4 is 10.0 Å². The molecular weight excluding hydrogens is 418 g/mol. The van der Waals surface area contributed by atoms with E-state index in [0.717, 1.165) is 31.3 Å². The molecule has 0 spiro atoms. The Labute approximate surface area is 196 Å². The second kappa shape index (κ2) is 13.7. The number of likely N-dealkylation sites (N-methyl/N-ethyl adjacent to an activating group) is 1. The number of esters is 1. The van der Waals surface area contributed by atoms with Gasteiger partial charge in [0.1, 0.15) is 24.8 Å². The van der Waals surface area contributed by atoms with Crippen molar-refractivity contribution in [3.05, 3.63) is 71.3 Å². The van der Waals surface area contributed by atoms with Crippen molar-refractivity contribution in [3.63, 3.8) is 0 Å². The molecule has 7 heteroatoms. The Balaban J connectivity index is 0.00000125. The first-order valence-corrected chi connectivity index (χ1v) is 10.7. The minimum Gasteiger partial charge on any atom is -0.550 e. The number of hydrogen-bond acceptors (Lipinski definition) is 6. The van der Waals surface area contributed by atoms with Crippen molar-refractivity contribution < 1.29 is 23.9 Å². The fourth-order valence-electron chi connectivity index (χ4n) is 2.76. The van der Waals surface area contributed by atoms with E-state index in [0.29, 0.717) is 11.0 Å². The van der Waals surface area contributed by atoms with Gasteiger partial charge in [-0.15, -0.1) is 0 Å². The van der Waals surface area contributed by atoms with E-state index in [-0.39, 0.29) is 12.2 Å². The highest BCUT2D eigenvalue weighted by molar-refractivity contribution is 5.97. The SMILES string of the molecule is CC(=O)[O-].CCN(Cc1ccccc1)c1ccc(C=C(C#N)C(=O)OCC[N+](C)(C)C)cc1. The molecule has 0 aliphatic heterocycles. The molecule has 2 rings (SSSR count). The van der Waals surface area contributed by atoms with E-state index >= 15 is 0 Å². The fourth-order valence-corrected chi connectivity index (χ4v) is 2.76.